The molecule has 1 heterocycles. The first-order valence-corrected chi connectivity index (χ1v) is 19.6. The maximum Gasteiger partial charge on any atom is 0.412 e. The second kappa shape index (κ2) is 20.2. The third kappa shape index (κ3) is 11.9. The fourth-order valence-corrected chi connectivity index (χ4v) is 6.56. The lowest BCUT2D eigenvalue weighted by Crippen LogP contribution is -2.35. The molecule has 0 aliphatic heterocycles. The number of hydrogen-bond donors (Lipinski definition) is 6. The molecule has 5 aromatic carbocycles. The van der Waals surface area contributed by atoms with Gasteiger partial charge in [-0.25, -0.2) is 4.79 Å². The van der Waals surface area contributed by atoms with E-state index in [4.69, 9.17) is 9.47 Å². The highest BCUT2D eigenvalue weighted by Gasteiger charge is 2.23. The van der Waals surface area contributed by atoms with Crippen LogP contribution in [0.25, 0.3) is 22.0 Å². The monoisotopic (exact) mass is 781 g/mol. The normalized spacial score (nSPS) is 11.8. The van der Waals surface area contributed by atoms with Crippen LogP contribution in [0.4, 0.5) is 10.5 Å². The van der Waals surface area contributed by atoms with E-state index in [0.717, 1.165) is 28.7 Å². The SMILES string of the molecule is CC(C)(CCNCCCNC(=O)c1ccc(CNCC(O)c2ccc(OCc3ccccc3)c3[nH]c(=O)ccc23)cc1)OC(=O)Nc1ccccc1-c1ccccc1. The molecule has 1 atom stereocenters. The summed E-state index contributed by atoms with van der Waals surface area (Å²) in [6.45, 7) is 6.75. The second-order valence-corrected chi connectivity index (χ2v) is 14.7. The number of nitrogens with one attached hydrogen (secondary N) is 5. The quantitative estimate of drug-likeness (QED) is 0.0457. The summed E-state index contributed by atoms with van der Waals surface area (Å²) in [7, 11) is 0. The molecule has 0 fully saturated rings. The van der Waals surface area contributed by atoms with Gasteiger partial charge in [0.15, 0.2) is 0 Å². The number of benzene rings is 5. The van der Waals surface area contributed by atoms with Crippen molar-refractivity contribution >= 4 is 28.6 Å². The van der Waals surface area contributed by atoms with Crippen LogP contribution in [0.3, 0.4) is 0 Å². The zero-order chi connectivity index (χ0) is 40.7. The zero-order valence-corrected chi connectivity index (χ0v) is 32.9. The standard InChI is InChI=1S/C47H51N5O6/c1-47(2,58-46(56)51-40-17-10-9-16-37(40)35-14-7-4-8-15-35)26-29-48-27-11-28-50-45(55)36-20-18-33(19-21-36)30-49-31-41(53)38-22-24-42(44-39(38)23-25-43(54)52-44)57-32-34-12-5-3-6-13-34/h3-10,12-25,41,48-49,53H,11,26-32H2,1-2H3,(H,50,55)(H,51,56)(H,52,54). The number of amides is 2. The molecule has 58 heavy (non-hydrogen) atoms. The summed E-state index contributed by atoms with van der Waals surface area (Å²) in [5, 5.41) is 24.3. The van der Waals surface area contributed by atoms with Crippen molar-refractivity contribution < 1.29 is 24.2 Å². The Morgan fingerprint density at radius 3 is 2.26 bits per heavy atom. The summed E-state index contributed by atoms with van der Waals surface area (Å²) in [6, 6.07) is 41.4. The van der Waals surface area contributed by atoms with Crippen LogP contribution in [-0.2, 0) is 17.9 Å². The number of fused-ring (bicyclic) bond motifs is 1. The maximum absolute atomic E-state index is 12.8. The first-order chi connectivity index (χ1) is 28.1. The van der Waals surface area contributed by atoms with Crippen LogP contribution in [-0.4, -0.2) is 53.9 Å². The van der Waals surface area contributed by atoms with Gasteiger partial charge < -0.3 is 35.5 Å². The molecule has 6 aromatic rings. The predicted molar refractivity (Wildman–Crippen MR) is 229 cm³/mol. The number of H-pyrrole nitrogens is 1. The minimum absolute atomic E-state index is 0.148. The van der Waals surface area contributed by atoms with Crippen molar-refractivity contribution in [3.63, 3.8) is 0 Å². The largest absolute Gasteiger partial charge is 0.487 e. The van der Waals surface area contributed by atoms with Crippen LogP contribution in [0.1, 0.15) is 59.8 Å². The van der Waals surface area contributed by atoms with Crippen molar-refractivity contribution in [3.8, 4) is 16.9 Å². The molecule has 1 unspecified atom stereocenters. The fourth-order valence-electron chi connectivity index (χ4n) is 6.56. The van der Waals surface area contributed by atoms with E-state index in [1.165, 1.54) is 6.07 Å². The van der Waals surface area contributed by atoms with Gasteiger partial charge in [-0.3, -0.25) is 14.9 Å². The van der Waals surface area contributed by atoms with E-state index >= 15 is 0 Å². The van der Waals surface area contributed by atoms with Crippen molar-refractivity contribution in [2.24, 2.45) is 0 Å². The first-order valence-electron chi connectivity index (χ1n) is 19.6. The van der Waals surface area contributed by atoms with Crippen LogP contribution >= 0.6 is 0 Å². The highest BCUT2D eigenvalue weighted by molar-refractivity contribution is 5.94. The molecule has 0 saturated heterocycles. The summed E-state index contributed by atoms with van der Waals surface area (Å²) >= 11 is 0. The molecule has 11 heteroatoms. The van der Waals surface area contributed by atoms with Gasteiger partial charge in [0.25, 0.3) is 5.91 Å². The Balaban J connectivity index is 0.872. The summed E-state index contributed by atoms with van der Waals surface area (Å²) in [5.41, 5.74) is 5.44. The van der Waals surface area contributed by atoms with Crippen LogP contribution in [0, 0.1) is 0 Å². The Bertz CT molecular complexity index is 2310. The van der Waals surface area contributed by atoms with Crippen LogP contribution in [0.2, 0.25) is 0 Å². The number of pyridine rings is 1. The van der Waals surface area contributed by atoms with Gasteiger partial charge in [0, 0.05) is 42.2 Å². The number of ether oxygens (including phenoxy) is 2. The molecule has 0 spiro atoms. The molecular weight excluding hydrogens is 731 g/mol. The van der Waals surface area contributed by atoms with Crippen molar-refractivity contribution in [2.45, 2.75) is 51.5 Å². The number of anilines is 1. The number of carbonyl (C=O) groups is 2. The third-order valence-corrected chi connectivity index (χ3v) is 9.71. The Kier molecular flexibility index (Phi) is 14.4. The van der Waals surface area contributed by atoms with E-state index in [2.05, 4.69) is 26.3 Å². The van der Waals surface area contributed by atoms with Gasteiger partial charge >= 0.3 is 6.09 Å². The molecule has 0 aliphatic carbocycles. The average molecular weight is 782 g/mol. The number of aliphatic hydroxyl groups is 1. The Morgan fingerprint density at radius 2 is 1.48 bits per heavy atom. The topological polar surface area (TPSA) is 154 Å². The van der Waals surface area contributed by atoms with Crippen LogP contribution < -0.4 is 31.6 Å². The molecule has 2 amide bonds. The molecule has 6 rings (SSSR count). The molecule has 6 N–H and O–H groups in total. The van der Waals surface area contributed by atoms with E-state index in [1.807, 2.05) is 117 Å². The lowest BCUT2D eigenvalue weighted by atomic mass is 10.0. The lowest BCUT2D eigenvalue weighted by Gasteiger charge is -2.25. The van der Waals surface area contributed by atoms with Crippen LogP contribution in [0.5, 0.6) is 5.75 Å². The van der Waals surface area contributed by atoms with E-state index in [1.54, 1.807) is 24.3 Å². The van der Waals surface area contributed by atoms with E-state index < -0.39 is 17.8 Å². The van der Waals surface area contributed by atoms with Crippen molar-refractivity contribution in [1.82, 2.24) is 20.9 Å². The Labute approximate surface area is 338 Å². The second-order valence-electron chi connectivity index (χ2n) is 14.7. The minimum Gasteiger partial charge on any atom is -0.487 e. The number of aromatic nitrogens is 1. The number of carbonyl (C=O) groups excluding carboxylic acids is 2. The maximum atomic E-state index is 12.8. The average Bonchev–Trinajstić information content (AvgIpc) is 3.23. The van der Waals surface area contributed by atoms with E-state index in [-0.39, 0.29) is 18.0 Å². The van der Waals surface area contributed by atoms with Gasteiger partial charge in [-0.05, 0) is 92.4 Å². The number of rotatable bonds is 19. The molecule has 0 aliphatic rings. The smallest absolute Gasteiger partial charge is 0.412 e. The fraction of sp³-hybridized carbons (Fsp3) is 0.255. The van der Waals surface area contributed by atoms with Crippen molar-refractivity contribution in [2.75, 3.05) is 31.5 Å². The van der Waals surface area contributed by atoms with E-state index in [0.29, 0.717) is 72.7 Å². The van der Waals surface area contributed by atoms with Gasteiger partial charge in [0.2, 0.25) is 5.56 Å². The van der Waals surface area contributed by atoms with Gasteiger partial charge in [-0.15, -0.1) is 0 Å². The molecule has 300 valence electrons. The number of para-hydroxylation sites is 1. The third-order valence-electron chi connectivity index (χ3n) is 9.71. The number of hydrogen-bond acceptors (Lipinski definition) is 8. The lowest BCUT2D eigenvalue weighted by molar-refractivity contribution is 0.0427. The van der Waals surface area contributed by atoms with Gasteiger partial charge in [0.1, 0.15) is 18.0 Å². The summed E-state index contributed by atoms with van der Waals surface area (Å²) in [5.74, 6) is 0.388. The van der Waals surface area contributed by atoms with Gasteiger partial charge in [-0.1, -0.05) is 97.1 Å². The Hall–Kier alpha value is -6.27. The predicted octanol–water partition coefficient (Wildman–Crippen LogP) is 7.72. The zero-order valence-electron chi connectivity index (χ0n) is 32.9. The molecule has 0 saturated carbocycles. The van der Waals surface area contributed by atoms with Crippen molar-refractivity contribution in [3.05, 3.63) is 166 Å². The van der Waals surface area contributed by atoms with Gasteiger partial charge in [0.05, 0.1) is 17.3 Å². The molecular formula is C47H51N5O6. The van der Waals surface area contributed by atoms with Gasteiger partial charge in [-0.2, -0.15) is 0 Å². The summed E-state index contributed by atoms with van der Waals surface area (Å²) < 4.78 is 11.8. The summed E-state index contributed by atoms with van der Waals surface area (Å²) in [6.07, 6.45) is 0.0148. The summed E-state index contributed by atoms with van der Waals surface area (Å²) in [4.78, 5) is 40.6. The minimum atomic E-state index is -0.837. The molecule has 1 aromatic heterocycles. The number of aliphatic hydroxyl groups excluding tert-OH is 1. The van der Waals surface area contributed by atoms with Crippen LogP contribution in [0.15, 0.2) is 138 Å². The first kappa shape index (κ1) is 41.4. The highest BCUT2D eigenvalue weighted by Crippen LogP contribution is 2.31. The Morgan fingerprint density at radius 1 is 0.759 bits per heavy atom. The highest BCUT2D eigenvalue weighted by atomic mass is 16.6. The van der Waals surface area contributed by atoms with Crippen molar-refractivity contribution in [1.29, 1.82) is 0 Å². The molecule has 0 radical (unpaired) electrons. The molecule has 0 bridgehead atoms. The number of aromatic amines is 1. The molecule has 11 nitrogen and oxygen atoms in total. The van der Waals surface area contributed by atoms with E-state index in [9.17, 15) is 19.5 Å².